The third kappa shape index (κ3) is 1.64. The fourth-order valence-corrected chi connectivity index (χ4v) is 0.594. The predicted molar refractivity (Wildman–Crippen MR) is 40.3 cm³/mol. The summed E-state index contributed by atoms with van der Waals surface area (Å²) < 4.78 is 9.31. The molecule has 1 rings (SSSR count). The Hall–Kier alpha value is -1.32. The SMILES string of the molecule is C=C(C)C(=O)OCC1(C)OC1=O. The van der Waals surface area contributed by atoms with Crippen molar-refractivity contribution in [3.63, 3.8) is 0 Å². The molecular weight excluding hydrogens is 160 g/mol. The average Bonchev–Trinajstić information content (AvgIpc) is 2.56. The molecule has 0 saturated carbocycles. The molecule has 0 aromatic rings. The summed E-state index contributed by atoms with van der Waals surface area (Å²) in [5, 5.41) is 0. The third-order valence-electron chi connectivity index (χ3n) is 1.54. The van der Waals surface area contributed by atoms with Gasteiger partial charge < -0.3 is 9.47 Å². The molecular formula is C8H10O4. The molecule has 0 spiro atoms. The Morgan fingerprint density at radius 1 is 1.75 bits per heavy atom. The lowest BCUT2D eigenvalue weighted by molar-refractivity contribution is -0.140. The number of hydrogen-bond donors (Lipinski definition) is 0. The number of esters is 1. The number of ether oxygens (including phenoxy) is 2. The summed E-state index contributed by atoms with van der Waals surface area (Å²) >= 11 is 0. The molecule has 1 aliphatic heterocycles. The molecule has 0 aromatic heterocycles. The topological polar surface area (TPSA) is 55.9 Å². The third-order valence-corrected chi connectivity index (χ3v) is 1.54. The van der Waals surface area contributed by atoms with Gasteiger partial charge in [0.05, 0.1) is 0 Å². The number of hydrogen-bond acceptors (Lipinski definition) is 4. The average molecular weight is 170 g/mol. The van der Waals surface area contributed by atoms with Gasteiger partial charge in [0.15, 0.2) is 0 Å². The summed E-state index contributed by atoms with van der Waals surface area (Å²) in [6.07, 6.45) is 0. The maximum atomic E-state index is 10.8. The Kier molecular flexibility index (Phi) is 1.92. The van der Waals surface area contributed by atoms with Crippen molar-refractivity contribution < 1.29 is 19.1 Å². The Bertz CT molecular complexity index is 256. The quantitative estimate of drug-likeness (QED) is 0.350. The van der Waals surface area contributed by atoms with Gasteiger partial charge in [0.2, 0.25) is 5.60 Å². The minimum atomic E-state index is -0.898. The second-order valence-corrected chi connectivity index (χ2v) is 2.98. The summed E-state index contributed by atoms with van der Waals surface area (Å²) in [6.45, 7) is 6.48. The van der Waals surface area contributed by atoms with Crippen LogP contribution in [0.15, 0.2) is 12.2 Å². The van der Waals surface area contributed by atoms with E-state index < -0.39 is 11.6 Å². The molecule has 66 valence electrons. The molecule has 0 radical (unpaired) electrons. The molecule has 1 heterocycles. The van der Waals surface area contributed by atoms with Crippen molar-refractivity contribution in [2.45, 2.75) is 19.4 Å². The highest BCUT2D eigenvalue weighted by Crippen LogP contribution is 2.28. The molecule has 0 amide bonds. The lowest BCUT2D eigenvalue weighted by Gasteiger charge is -2.03. The van der Waals surface area contributed by atoms with Crippen molar-refractivity contribution in [3.05, 3.63) is 12.2 Å². The maximum absolute atomic E-state index is 10.8. The van der Waals surface area contributed by atoms with E-state index in [1.54, 1.807) is 13.8 Å². The standard InChI is InChI=1S/C8H10O4/c1-5(2)6(9)11-4-8(3)7(10)12-8/h1,4H2,2-3H3. The zero-order valence-electron chi connectivity index (χ0n) is 7.05. The molecule has 1 saturated heterocycles. The van der Waals surface area contributed by atoms with Gasteiger partial charge in [-0.05, 0) is 13.8 Å². The normalized spacial score (nSPS) is 26.0. The summed E-state index contributed by atoms with van der Waals surface area (Å²) in [5.41, 5.74) is -0.586. The second kappa shape index (κ2) is 2.62. The van der Waals surface area contributed by atoms with E-state index >= 15 is 0 Å². The van der Waals surface area contributed by atoms with E-state index in [0.29, 0.717) is 5.57 Å². The van der Waals surface area contributed by atoms with Crippen LogP contribution in [0, 0.1) is 0 Å². The van der Waals surface area contributed by atoms with E-state index in [9.17, 15) is 9.59 Å². The number of carbonyl (C=O) groups excluding carboxylic acids is 2. The number of carbonyl (C=O) groups is 2. The van der Waals surface area contributed by atoms with E-state index in [-0.39, 0.29) is 12.6 Å². The van der Waals surface area contributed by atoms with Gasteiger partial charge in [0, 0.05) is 5.57 Å². The molecule has 1 aliphatic rings. The summed E-state index contributed by atoms with van der Waals surface area (Å²) in [5.74, 6) is -0.837. The van der Waals surface area contributed by atoms with E-state index in [1.165, 1.54) is 0 Å². The van der Waals surface area contributed by atoms with E-state index in [2.05, 4.69) is 11.3 Å². The largest absolute Gasteiger partial charge is 0.457 e. The Labute approximate surface area is 70.1 Å². The van der Waals surface area contributed by atoms with Crippen LogP contribution in [0.1, 0.15) is 13.8 Å². The van der Waals surface area contributed by atoms with Crippen LogP contribution < -0.4 is 0 Å². The number of rotatable bonds is 3. The van der Waals surface area contributed by atoms with Crippen molar-refractivity contribution in [1.82, 2.24) is 0 Å². The molecule has 12 heavy (non-hydrogen) atoms. The van der Waals surface area contributed by atoms with Gasteiger partial charge in [-0.3, -0.25) is 0 Å². The van der Waals surface area contributed by atoms with Crippen molar-refractivity contribution >= 4 is 11.9 Å². The van der Waals surface area contributed by atoms with Gasteiger partial charge in [0.25, 0.3) is 0 Å². The minimum Gasteiger partial charge on any atom is -0.457 e. The first-order valence-electron chi connectivity index (χ1n) is 3.52. The van der Waals surface area contributed by atoms with Gasteiger partial charge in [-0.25, -0.2) is 9.59 Å². The highest BCUT2D eigenvalue weighted by Gasteiger charge is 2.54. The Morgan fingerprint density at radius 3 is 2.58 bits per heavy atom. The first-order chi connectivity index (χ1) is 5.46. The van der Waals surface area contributed by atoms with Crippen LogP contribution >= 0.6 is 0 Å². The van der Waals surface area contributed by atoms with Crippen LogP contribution in [0.25, 0.3) is 0 Å². The predicted octanol–water partition coefficient (Wildman–Crippen LogP) is 0.421. The summed E-state index contributed by atoms with van der Waals surface area (Å²) in [6, 6.07) is 0. The second-order valence-electron chi connectivity index (χ2n) is 2.98. The molecule has 0 aliphatic carbocycles. The van der Waals surface area contributed by atoms with E-state index in [4.69, 9.17) is 4.74 Å². The summed E-state index contributed by atoms with van der Waals surface area (Å²) in [7, 11) is 0. The minimum absolute atomic E-state index is 0.0302. The van der Waals surface area contributed by atoms with Gasteiger partial charge in [-0.1, -0.05) is 6.58 Å². The fourth-order valence-electron chi connectivity index (χ4n) is 0.594. The van der Waals surface area contributed by atoms with Crippen molar-refractivity contribution in [2.24, 2.45) is 0 Å². The van der Waals surface area contributed by atoms with Crippen LogP contribution in [0.4, 0.5) is 0 Å². The monoisotopic (exact) mass is 170 g/mol. The molecule has 4 nitrogen and oxygen atoms in total. The van der Waals surface area contributed by atoms with E-state index in [0.717, 1.165) is 0 Å². The highest BCUT2D eigenvalue weighted by molar-refractivity contribution is 5.93. The van der Waals surface area contributed by atoms with Crippen LogP contribution in [-0.2, 0) is 19.1 Å². The first kappa shape index (κ1) is 8.77. The Balaban J connectivity index is 2.32. The van der Waals surface area contributed by atoms with Crippen LogP contribution in [-0.4, -0.2) is 24.1 Å². The molecule has 0 bridgehead atoms. The molecule has 1 fully saturated rings. The lowest BCUT2D eigenvalue weighted by atomic mass is 10.2. The zero-order valence-corrected chi connectivity index (χ0v) is 7.05. The smallest absolute Gasteiger partial charge is 0.355 e. The van der Waals surface area contributed by atoms with Crippen LogP contribution in [0.2, 0.25) is 0 Å². The van der Waals surface area contributed by atoms with Gasteiger partial charge >= 0.3 is 11.9 Å². The molecule has 0 aromatic carbocycles. The van der Waals surface area contributed by atoms with E-state index in [1.807, 2.05) is 0 Å². The van der Waals surface area contributed by atoms with Gasteiger partial charge in [0.1, 0.15) is 6.61 Å². The maximum Gasteiger partial charge on any atom is 0.355 e. The van der Waals surface area contributed by atoms with Gasteiger partial charge in [-0.2, -0.15) is 0 Å². The zero-order chi connectivity index (χ0) is 9.35. The highest BCUT2D eigenvalue weighted by atomic mass is 16.7. The van der Waals surface area contributed by atoms with Crippen molar-refractivity contribution in [3.8, 4) is 0 Å². The Morgan fingerprint density at radius 2 is 2.25 bits per heavy atom. The molecule has 0 N–H and O–H groups in total. The molecule has 4 heteroatoms. The van der Waals surface area contributed by atoms with Crippen LogP contribution in [0.3, 0.4) is 0 Å². The number of cyclic esters (lactones) is 1. The summed E-state index contributed by atoms with van der Waals surface area (Å²) in [4.78, 5) is 21.4. The van der Waals surface area contributed by atoms with Crippen LogP contribution in [0.5, 0.6) is 0 Å². The lowest BCUT2D eigenvalue weighted by Crippen LogP contribution is -2.19. The molecule has 1 atom stereocenters. The molecule has 1 unspecified atom stereocenters. The number of epoxide rings is 1. The van der Waals surface area contributed by atoms with Crippen molar-refractivity contribution in [1.29, 1.82) is 0 Å². The van der Waals surface area contributed by atoms with Crippen molar-refractivity contribution in [2.75, 3.05) is 6.61 Å². The van der Waals surface area contributed by atoms with Gasteiger partial charge in [-0.15, -0.1) is 0 Å². The fraction of sp³-hybridized carbons (Fsp3) is 0.500. The first-order valence-corrected chi connectivity index (χ1v) is 3.52.